The van der Waals surface area contributed by atoms with Crippen LogP contribution in [0.1, 0.15) is 44.4 Å². The Kier molecular flexibility index (Phi) is 6.63. The van der Waals surface area contributed by atoms with Crippen LogP contribution in [0.15, 0.2) is 28.4 Å². The summed E-state index contributed by atoms with van der Waals surface area (Å²) in [5.74, 6) is -1.97. The van der Waals surface area contributed by atoms with Crippen molar-refractivity contribution in [3.63, 3.8) is 0 Å². The van der Waals surface area contributed by atoms with Crippen molar-refractivity contribution in [1.29, 1.82) is 0 Å². The van der Waals surface area contributed by atoms with Crippen LogP contribution in [0.25, 0.3) is 0 Å². The molecule has 0 aliphatic carbocycles. The van der Waals surface area contributed by atoms with Crippen LogP contribution in [0.2, 0.25) is 0 Å². The van der Waals surface area contributed by atoms with Gasteiger partial charge in [-0.25, -0.2) is 9.79 Å². The molecule has 0 saturated carbocycles. The minimum absolute atomic E-state index is 0.202. The number of benzene rings is 1. The molecule has 0 unspecified atom stereocenters. The molecule has 1 aromatic rings. The number of ether oxygens (including phenoxy) is 2. The highest BCUT2D eigenvalue weighted by Crippen LogP contribution is 2.48. The molecule has 0 aromatic heterocycles. The summed E-state index contributed by atoms with van der Waals surface area (Å²) in [7, 11) is 1.36. The van der Waals surface area contributed by atoms with Gasteiger partial charge >= 0.3 is 11.9 Å². The highest BCUT2D eigenvalue weighted by molar-refractivity contribution is 8.00. The highest BCUT2D eigenvalue weighted by Gasteiger charge is 2.66. The van der Waals surface area contributed by atoms with Crippen molar-refractivity contribution in [2.75, 3.05) is 19.5 Å². The van der Waals surface area contributed by atoms with E-state index in [9.17, 15) is 24.6 Å². The topological polar surface area (TPSA) is 126 Å². The zero-order valence-electron chi connectivity index (χ0n) is 19.5. The summed E-state index contributed by atoms with van der Waals surface area (Å²) in [6.45, 7) is 8.77. The number of β-lactam (4-membered cyclic amide) rings is 1. The molecule has 178 valence electrons. The lowest BCUT2D eigenvalue weighted by Crippen LogP contribution is -2.73. The van der Waals surface area contributed by atoms with E-state index in [1.807, 2.05) is 26.8 Å². The van der Waals surface area contributed by atoms with E-state index >= 15 is 0 Å². The van der Waals surface area contributed by atoms with E-state index in [-0.39, 0.29) is 29.2 Å². The maximum Gasteiger partial charge on any atom is 0.352 e. The molecular formula is C23H28N2O7S. The lowest BCUT2D eigenvalue weighted by molar-refractivity contribution is -0.182. The van der Waals surface area contributed by atoms with E-state index in [1.165, 1.54) is 32.0 Å². The average molecular weight is 477 g/mol. The molecular weight excluding hydrogens is 448 g/mol. The highest BCUT2D eigenvalue weighted by atomic mass is 32.2. The van der Waals surface area contributed by atoms with Gasteiger partial charge < -0.3 is 19.7 Å². The third kappa shape index (κ3) is 4.37. The van der Waals surface area contributed by atoms with Crippen LogP contribution in [-0.4, -0.2) is 69.7 Å². The maximum atomic E-state index is 13.1. The van der Waals surface area contributed by atoms with E-state index in [2.05, 4.69) is 4.99 Å². The number of methoxy groups -OCH3 is 1. The van der Waals surface area contributed by atoms with Crippen molar-refractivity contribution >= 4 is 35.8 Å². The maximum absolute atomic E-state index is 13.1. The van der Waals surface area contributed by atoms with Crippen molar-refractivity contribution in [2.45, 2.75) is 51.1 Å². The largest absolute Gasteiger partial charge is 0.507 e. The summed E-state index contributed by atoms with van der Waals surface area (Å²) in [6, 6.07) is 3.57. The number of amides is 1. The molecule has 0 radical (unpaired) electrons. The number of hydrogen-bond acceptors (Lipinski definition) is 8. The number of carboxylic acid groups (broad SMARTS) is 1. The predicted octanol–water partition coefficient (Wildman–Crippen LogP) is 2.58. The first kappa shape index (κ1) is 24.8. The molecule has 1 aromatic carbocycles. The Morgan fingerprint density at radius 3 is 2.58 bits per heavy atom. The van der Waals surface area contributed by atoms with Gasteiger partial charge in [0.1, 0.15) is 23.4 Å². The van der Waals surface area contributed by atoms with E-state index in [1.54, 1.807) is 13.0 Å². The molecule has 2 N–H and O–H groups in total. The fraction of sp³-hybridized carbons (Fsp3) is 0.478. The smallest absolute Gasteiger partial charge is 0.352 e. The van der Waals surface area contributed by atoms with Crippen LogP contribution >= 0.6 is 11.8 Å². The quantitative estimate of drug-likeness (QED) is 0.365. The second-order valence-electron chi connectivity index (χ2n) is 9.02. The number of rotatable bonds is 6. The minimum Gasteiger partial charge on any atom is -0.507 e. The van der Waals surface area contributed by atoms with Crippen LogP contribution in [0.3, 0.4) is 0 Å². The Balaban J connectivity index is 1.95. The number of fused-ring (bicyclic) bond motifs is 1. The summed E-state index contributed by atoms with van der Waals surface area (Å²) in [6.07, 6.45) is 1.51. The number of carboxylic acids is 1. The van der Waals surface area contributed by atoms with E-state index in [0.29, 0.717) is 16.7 Å². The Bertz CT molecular complexity index is 1070. The minimum atomic E-state index is -1.58. The first-order valence-electron chi connectivity index (χ1n) is 10.3. The first-order valence-corrected chi connectivity index (χ1v) is 11.4. The lowest BCUT2D eigenvalue weighted by atomic mass is 9.84. The van der Waals surface area contributed by atoms with Gasteiger partial charge in [-0.05, 0) is 35.6 Å². The third-order valence-electron chi connectivity index (χ3n) is 5.59. The van der Waals surface area contributed by atoms with Gasteiger partial charge in [0.25, 0.3) is 11.6 Å². The molecule has 2 atom stereocenters. The van der Waals surface area contributed by atoms with Gasteiger partial charge in [0, 0.05) is 37.1 Å². The van der Waals surface area contributed by atoms with Crippen LogP contribution in [0, 0.1) is 6.92 Å². The second-order valence-corrected chi connectivity index (χ2v) is 10.1. The summed E-state index contributed by atoms with van der Waals surface area (Å²) >= 11 is 1.29. The van der Waals surface area contributed by atoms with Gasteiger partial charge in [0.15, 0.2) is 0 Å². The van der Waals surface area contributed by atoms with E-state index < -0.39 is 28.9 Å². The zero-order chi connectivity index (χ0) is 24.7. The number of phenols is 1. The summed E-state index contributed by atoms with van der Waals surface area (Å²) < 4.78 is 10.5. The van der Waals surface area contributed by atoms with E-state index in [4.69, 9.17) is 9.47 Å². The summed E-state index contributed by atoms with van der Waals surface area (Å²) in [4.78, 5) is 41.8. The fourth-order valence-corrected chi connectivity index (χ4v) is 5.27. The number of hydrogen-bond donors (Lipinski definition) is 2. The molecule has 3 rings (SSSR count). The molecule has 33 heavy (non-hydrogen) atoms. The average Bonchev–Trinajstić information content (AvgIpc) is 2.73. The molecule has 0 spiro atoms. The number of carbonyl (C=O) groups excluding carboxylic acids is 2. The molecule has 2 aliphatic heterocycles. The molecule has 10 heteroatoms. The van der Waals surface area contributed by atoms with Crippen LogP contribution < -0.4 is 0 Å². The number of nitrogens with zero attached hydrogens (tertiary/aromatic N) is 2. The van der Waals surface area contributed by atoms with Crippen LogP contribution in [-0.2, 0) is 29.3 Å². The molecule has 1 fully saturated rings. The molecule has 9 nitrogen and oxygen atoms in total. The number of carbonyl (C=O) groups is 3. The summed E-state index contributed by atoms with van der Waals surface area (Å²) in [5, 5.41) is 19.5. The standard InChI is InChI=1S/C23H28N2O7S/c1-12-7-14(8-16(18(12)27)22(3,4)5)9-24-23(31-6)20(30)25-17(19(28)29)15(10-32-13(2)26)11-33-21(23)25/h7-9,21,27H,10-11H2,1-6H3,(H,28,29)/t21-,23-/m0/s1. The number of esters is 1. The van der Waals surface area contributed by atoms with Gasteiger partial charge in [-0.1, -0.05) is 20.8 Å². The second kappa shape index (κ2) is 8.83. The molecule has 0 bridgehead atoms. The van der Waals surface area contributed by atoms with Crippen molar-refractivity contribution in [3.05, 3.63) is 40.1 Å². The van der Waals surface area contributed by atoms with Crippen molar-refractivity contribution in [1.82, 2.24) is 4.90 Å². The summed E-state index contributed by atoms with van der Waals surface area (Å²) in [5.41, 5.74) is 0.354. The Labute approximate surface area is 196 Å². The Morgan fingerprint density at radius 2 is 2.03 bits per heavy atom. The van der Waals surface area contributed by atoms with Gasteiger partial charge in [0.2, 0.25) is 0 Å². The van der Waals surface area contributed by atoms with Gasteiger partial charge in [-0.15, -0.1) is 11.8 Å². The Hall–Kier alpha value is -2.85. The number of aliphatic carboxylic acids is 1. The molecule has 1 amide bonds. The number of thioether (sulfide) groups is 1. The van der Waals surface area contributed by atoms with Gasteiger partial charge in [0.05, 0.1) is 0 Å². The zero-order valence-corrected chi connectivity index (χ0v) is 20.3. The van der Waals surface area contributed by atoms with Crippen molar-refractivity contribution in [3.8, 4) is 5.75 Å². The van der Waals surface area contributed by atoms with Crippen LogP contribution in [0.4, 0.5) is 0 Å². The molecule has 2 aliphatic rings. The van der Waals surface area contributed by atoms with Gasteiger partial charge in [-0.2, -0.15) is 0 Å². The fourth-order valence-electron chi connectivity index (χ4n) is 3.86. The SMILES string of the molecule is CO[C@@]1(N=Cc2cc(C)c(O)c(C(C)(C)C)c2)C(=O)N2C(C(=O)O)=C(COC(C)=O)CS[C@H]21. The predicted molar refractivity (Wildman–Crippen MR) is 123 cm³/mol. The van der Waals surface area contributed by atoms with Crippen molar-refractivity contribution in [2.24, 2.45) is 4.99 Å². The first-order chi connectivity index (χ1) is 15.3. The van der Waals surface area contributed by atoms with E-state index in [0.717, 1.165) is 10.5 Å². The monoisotopic (exact) mass is 476 g/mol. The molecule has 2 heterocycles. The van der Waals surface area contributed by atoms with Crippen LogP contribution in [0.5, 0.6) is 5.75 Å². The normalized spacial score (nSPS) is 22.9. The Morgan fingerprint density at radius 1 is 1.36 bits per heavy atom. The van der Waals surface area contributed by atoms with Crippen molar-refractivity contribution < 1.29 is 34.1 Å². The van der Waals surface area contributed by atoms with Gasteiger partial charge in [-0.3, -0.25) is 14.5 Å². The lowest BCUT2D eigenvalue weighted by Gasteiger charge is -2.53. The number of aryl methyl sites for hydroxylation is 1. The number of phenolic OH excluding ortho intramolecular Hbond substituents is 1. The number of aliphatic imine (C=N–C) groups is 1. The molecule has 1 saturated heterocycles. The number of aromatic hydroxyl groups is 1. The third-order valence-corrected chi connectivity index (χ3v) is 6.95.